The molecule has 2 unspecified atom stereocenters. The molecule has 1 aliphatic rings. The summed E-state index contributed by atoms with van der Waals surface area (Å²) in [5.74, 6) is 0.484. The van der Waals surface area contributed by atoms with E-state index < -0.39 is 0 Å². The highest BCUT2D eigenvalue weighted by molar-refractivity contribution is 7.09. The summed E-state index contributed by atoms with van der Waals surface area (Å²) >= 11 is 7.40. The van der Waals surface area contributed by atoms with Crippen LogP contribution in [0.5, 0.6) is 0 Å². The normalized spacial score (nSPS) is 25.5. The van der Waals surface area contributed by atoms with Crippen molar-refractivity contribution in [2.75, 3.05) is 26.2 Å². The van der Waals surface area contributed by atoms with Crippen LogP contribution in [0, 0.1) is 0 Å². The molecule has 6 heteroatoms. The Bertz CT molecular complexity index is 375. The molecular formula is C12H19ClN2O2S. The molecule has 0 amide bonds. The minimum absolute atomic E-state index is 0.0524. The topological polar surface area (TPSA) is 45.6 Å². The largest absolute Gasteiger partial charge is 0.394 e. The van der Waals surface area contributed by atoms with Gasteiger partial charge in [-0.3, -0.25) is 4.90 Å². The Kier molecular flexibility index (Phi) is 5.38. The molecule has 0 spiro atoms. The van der Waals surface area contributed by atoms with E-state index in [0.29, 0.717) is 5.88 Å². The molecular weight excluding hydrogens is 272 g/mol. The van der Waals surface area contributed by atoms with Crippen LogP contribution >= 0.6 is 22.9 Å². The Balaban J connectivity index is 1.82. The first-order chi connectivity index (χ1) is 8.71. The highest BCUT2D eigenvalue weighted by Crippen LogP contribution is 2.15. The lowest BCUT2D eigenvalue weighted by Gasteiger charge is -2.35. The van der Waals surface area contributed by atoms with Crippen LogP contribution < -0.4 is 0 Å². The van der Waals surface area contributed by atoms with Crippen molar-refractivity contribution >= 4 is 22.9 Å². The highest BCUT2D eigenvalue weighted by Gasteiger charge is 2.24. The number of ether oxygens (including phenoxy) is 1. The summed E-state index contributed by atoms with van der Waals surface area (Å²) in [4.78, 5) is 6.78. The standard InChI is InChI=1S/C12H19ClN2O2S/c1-9-5-15(6-11(7-16)17-9)3-2-12-14-10(4-13)8-18-12/h8-9,11,16H,2-7H2,1H3. The van der Waals surface area contributed by atoms with Gasteiger partial charge in [0.2, 0.25) is 0 Å². The highest BCUT2D eigenvalue weighted by atomic mass is 35.5. The molecule has 1 aliphatic heterocycles. The van der Waals surface area contributed by atoms with E-state index in [2.05, 4.69) is 9.88 Å². The minimum Gasteiger partial charge on any atom is -0.394 e. The number of morpholine rings is 1. The maximum atomic E-state index is 9.17. The van der Waals surface area contributed by atoms with Gasteiger partial charge in [0, 0.05) is 31.4 Å². The predicted molar refractivity (Wildman–Crippen MR) is 73.2 cm³/mol. The van der Waals surface area contributed by atoms with Gasteiger partial charge >= 0.3 is 0 Å². The van der Waals surface area contributed by atoms with Crippen molar-refractivity contribution in [3.05, 3.63) is 16.1 Å². The van der Waals surface area contributed by atoms with E-state index in [1.54, 1.807) is 11.3 Å². The van der Waals surface area contributed by atoms with Gasteiger partial charge in [-0.2, -0.15) is 0 Å². The smallest absolute Gasteiger partial charge is 0.0941 e. The number of rotatable bonds is 5. The second-order valence-corrected chi connectivity index (χ2v) is 5.84. The predicted octanol–water partition coefficient (Wildman–Crippen LogP) is 1.51. The Hall–Kier alpha value is -0.200. The van der Waals surface area contributed by atoms with Crippen molar-refractivity contribution in [2.24, 2.45) is 0 Å². The summed E-state index contributed by atoms with van der Waals surface area (Å²) in [6, 6.07) is 0. The fraction of sp³-hybridized carbons (Fsp3) is 0.750. The van der Waals surface area contributed by atoms with Crippen LogP contribution in [0.3, 0.4) is 0 Å². The summed E-state index contributed by atoms with van der Waals surface area (Å²) in [6.07, 6.45) is 1.07. The van der Waals surface area contributed by atoms with Crippen molar-refractivity contribution in [3.63, 3.8) is 0 Å². The summed E-state index contributed by atoms with van der Waals surface area (Å²) < 4.78 is 5.62. The third-order valence-corrected chi connectivity index (χ3v) is 4.21. The summed E-state index contributed by atoms with van der Waals surface area (Å²) in [7, 11) is 0. The molecule has 2 atom stereocenters. The fourth-order valence-corrected chi connectivity index (χ4v) is 3.22. The maximum absolute atomic E-state index is 9.17. The fourth-order valence-electron chi connectivity index (χ4n) is 2.20. The van der Waals surface area contributed by atoms with Crippen LogP contribution in [-0.2, 0) is 17.0 Å². The van der Waals surface area contributed by atoms with Crippen molar-refractivity contribution in [1.82, 2.24) is 9.88 Å². The van der Waals surface area contributed by atoms with Crippen LogP contribution in [0.4, 0.5) is 0 Å². The number of nitrogens with zero attached hydrogens (tertiary/aromatic N) is 2. The Morgan fingerprint density at radius 1 is 1.61 bits per heavy atom. The lowest BCUT2D eigenvalue weighted by atomic mass is 10.2. The summed E-state index contributed by atoms with van der Waals surface area (Å²) in [5, 5.41) is 12.3. The molecule has 0 aromatic carbocycles. The first kappa shape index (κ1) is 14.2. The third-order valence-electron chi connectivity index (χ3n) is 2.98. The molecule has 1 N–H and O–H groups in total. The van der Waals surface area contributed by atoms with E-state index in [1.807, 2.05) is 12.3 Å². The van der Waals surface area contributed by atoms with E-state index in [1.165, 1.54) is 0 Å². The number of thiazole rings is 1. The molecule has 1 fully saturated rings. The van der Waals surface area contributed by atoms with Gasteiger partial charge in [-0.15, -0.1) is 22.9 Å². The number of aliphatic hydroxyl groups is 1. The van der Waals surface area contributed by atoms with Crippen LogP contribution in [-0.4, -0.2) is 53.4 Å². The molecule has 2 heterocycles. The molecule has 0 aliphatic carbocycles. The first-order valence-corrected chi connectivity index (χ1v) is 7.60. The zero-order chi connectivity index (χ0) is 13.0. The average molecular weight is 291 g/mol. The van der Waals surface area contributed by atoms with Gasteiger partial charge in [-0.25, -0.2) is 4.98 Å². The number of alkyl halides is 1. The zero-order valence-corrected chi connectivity index (χ0v) is 12.1. The van der Waals surface area contributed by atoms with Gasteiger partial charge in [0.05, 0.1) is 35.4 Å². The Labute approximate surface area is 117 Å². The Morgan fingerprint density at radius 2 is 2.44 bits per heavy atom. The molecule has 4 nitrogen and oxygen atoms in total. The third kappa shape index (κ3) is 3.90. The molecule has 1 aromatic rings. The monoisotopic (exact) mass is 290 g/mol. The van der Waals surface area contributed by atoms with E-state index in [-0.39, 0.29) is 18.8 Å². The van der Waals surface area contributed by atoms with E-state index in [4.69, 9.17) is 16.3 Å². The molecule has 1 aromatic heterocycles. The van der Waals surface area contributed by atoms with Crippen LogP contribution in [0.25, 0.3) is 0 Å². The SMILES string of the molecule is CC1CN(CCc2nc(CCl)cs2)CC(CO)O1. The number of aromatic nitrogens is 1. The summed E-state index contributed by atoms with van der Waals surface area (Å²) in [6.45, 7) is 4.82. The minimum atomic E-state index is -0.0524. The van der Waals surface area contributed by atoms with E-state index in [0.717, 1.165) is 36.8 Å². The average Bonchev–Trinajstić information content (AvgIpc) is 2.83. The number of aliphatic hydroxyl groups excluding tert-OH is 1. The molecule has 1 saturated heterocycles. The molecule has 18 heavy (non-hydrogen) atoms. The van der Waals surface area contributed by atoms with Gasteiger partial charge in [0.15, 0.2) is 0 Å². The van der Waals surface area contributed by atoms with Crippen LogP contribution in [0.15, 0.2) is 5.38 Å². The lowest BCUT2D eigenvalue weighted by molar-refractivity contribution is -0.0947. The first-order valence-electron chi connectivity index (χ1n) is 6.19. The maximum Gasteiger partial charge on any atom is 0.0941 e. The number of hydrogen-bond acceptors (Lipinski definition) is 5. The molecule has 102 valence electrons. The lowest BCUT2D eigenvalue weighted by Crippen LogP contribution is -2.48. The molecule has 0 saturated carbocycles. The van der Waals surface area contributed by atoms with Gasteiger partial charge in [-0.1, -0.05) is 0 Å². The van der Waals surface area contributed by atoms with Crippen LogP contribution in [0.1, 0.15) is 17.6 Å². The van der Waals surface area contributed by atoms with E-state index >= 15 is 0 Å². The zero-order valence-electron chi connectivity index (χ0n) is 10.5. The summed E-state index contributed by atoms with van der Waals surface area (Å²) in [5.41, 5.74) is 0.959. The second kappa shape index (κ2) is 6.82. The van der Waals surface area contributed by atoms with Gasteiger partial charge in [0.1, 0.15) is 0 Å². The quantitative estimate of drug-likeness (QED) is 0.835. The van der Waals surface area contributed by atoms with E-state index in [9.17, 15) is 5.11 Å². The van der Waals surface area contributed by atoms with Gasteiger partial charge in [-0.05, 0) is 6.92 Å². The van der Waals surface area contributed by atoms with Gasteiger partial charge in [0.25, 0.3) is 0 Å². The van der Waals surface area contributed by atoms with Gasteiger partial charge < -0.3 is 9.84 Å². The van der Waals surface area contributed by atoms with Crippen molar-refractivity contribution in [3.8, 4) is 0 Å². The molecule has 2 rings (SSSR count). The second-order valence-electron chi connectivity index (χ2n) is 4.63. The van der Waals surface area contributed by atoms with Crippen molar-refractivity contribution in [1.29, 1.82) is 0 Å². The number of hydrogen-bond donors (Lipinski definition) is 1. The molecule has 0 bridgehead atoms. The van der Waals surface area contributed by atoms with Crippen molar-refractivity contribution in [2.45, 2.75) is 31.4 Å². The Morgan fingerprint density at radius 3 is 3.11 bits per heavy atom. The van der Waals surface area contributed by atoms with Crippen molar-refractivity contribution < 1.29 is 9.84 Å². The van der Waals surface area contributed by atoms with Crippen LogP contribution in [0.2, 0.25) is 0 Å². The molecule has 0 radical (unpaired) electrons. The number of halogens is 1.